The van der Waals surface area contributed by atoms with Crippen molar-refractivity contribution in [2.45, 2.75) is 6.04 Å². The highest BCUT2D eigenvalue weighted by Gasteiger charge is 2.26. The minimum atomic E-state index is 0.0487. The molecule has 0 saturated heterocycles. The van der Waals surface area contributed by atoms with Gasteiger partial charge in [0.15, 0.2) is 0 Å². The van der Waals surface area contributed by atoms with E-state index in [4.69, 9.17) is 9.47 Å². The molecule has 5 heteroatoms. The Morgan fingerprint density at radius 3 is 2.58 bits per heavy atom. The van der Waals surface area contributed by atoms with Crippen LogP contribution in [0.2, 0.25) is 0 Å². The Morgan fingerprint density at radius 1 is 1.26 bits per heavy atom. The number of nitrogens with zero attached hydrogens (tertiary/aromatic N) is 2. The summed E-state index contributed by atoms with van der Waals surface area (Å²) in [5, 5.41) is 3.34. The number of likely N-dealkylation sites (N-methyl/N-ethyl adjacent to an activating group) is 1. The average Bonchev–Trinajstić information content (AvgIpc) is 2.92. The van der Waals surface area contributed by atoms with Crippen molar-refractivity contribution >= 4 is 5.84 Å². The zero-order valence-electron chi connectivity index (χ0n) is 11.9. The zero-order chi connectivity index (χ0) is 13.8. The van der Waals surface area contributed by atoms with Gasteiger partial charge in [0.05, 0.1) is 26.8 Å². The number of benzene rings is 1. The van der Waals surface area contributed by atoms with Crippen LogP contribution < -0.4 is 14.8 Å². The summed E-state index contributed by atoms with van der Waals surface area (Å²) >= 11 is 0. The molecule has 0 radical (unpaired) electrons. The van der Waals surface area contributed by atoms with Gasteiger partial charge in [-0.2, -0.15) is 0 Å². The SMILES string of the molecule is COc1ccc(OC)c(C(C2=NCCN2)N(C)C)c1. The van der Waals surface area contributed by atoms with Crippen molar-refractivity contribution in [1.82, 2.24) is 10.2 Å². The molecule has 0 fully saturated rings. The topological polar surface area (TPSA) is 46.1 Å². The van der Waals surface area contributed by atoms with Crippen molar-refractivity contribution in [2.24, 2.45) is 4.99 Å². The molecule has 1 atom stereocenters. The standard InChI is InChI=1S/C14H21N3O2/c1-17(2)13(14-15-7-8-16-14)11-9-10(18-3)5-6-12(11)19-4/h5-6,9,13H,7-8H2,1-4H3,(H,15,16). The molecular formula is C14H21N3O2. The molecule has 1 aromatic carbocycles. The Bertz CT molecular complexity index is 472. The lowest BCUT2D eigenvalue weighted by molar-refractivity contribution is 0.343. The second-order valence-corrected chi connectivity index (χ2v) is 4.67. The van der Waals surface area contributed by atoms with Crippen molar-refractivity contribution < 1.29 is 9.47 Å². The third kappa shape index (κ3) is 2.81. The van der Waals surface area contributed by atoms with Gasteiger partial charge in [0, 0.05) is 12.1 Å². The first-order chi connectivity index (χ1) is 9.17. The summed E-state index contributed by atoms with van der Waals surface area (Å²) in [6.07, 6.45) is 0. The molecule has 1 unspecified atom stereocenters. The van der Waals surface area contributed by atoms with Gasteiger partial charge in [-0.3, -0.25) is 9.89 Å². The highest BCUT2D eigenvalue weighted by atomic mass is 16.5. The molecule has 1 aliphatic heterocycles. The Kier molecular flexibility index (Phi) is 4.27. The summed E-state index contributed by atoms with van der Waals surface area (Å²) in [4.78, 5) is 6.65. The van der Waals surface area contributed by atoms with Gasteiger partial charge < -0.3 is 14.8 Å². The molecule has 0 spiro atoms. The first kappa shape index (κ1) is 13.7. The van der Waals surface area contributed by atoms with Crippen molar-refractivity contribution in [1.29, 1.82) is 0 Å². The Hall–Kier alpha value is -1.75. The quantitative estimate of drug-likeness (QED) is 0.870. The van der Waals surface area contributed by atoms with Crippen LogP contribution in [0.5, 0.6) is 11.5 Å². The summed E-state index contributed by atoms with van der Waals surface area (Å²) < 4.78 is 10.8. The van der Waals surface area contributed by atoms with Crippen molar-refractivity contribution in [3.8, 4) is 11.5 Å². The molecule has 2 rings (SSSR count). The second-order valence-electron chi connectivity index (χ2n) is 4.67. The Balaban J connectivity index is 2.45. The van der Waals surface area contributed by atoms with Crippen LogP contribution in [0.25, 0.3) is 0 Å². The summed E-state index contributed by atoms with van der Waals surface area (Å²) in [6.45, 7) is 1.72. The maximum atomic E-state index is 5.47. The molecule has 5 nitrogen and oxygen atoms in total. The van der Waals surface area contributed by atoms with Gasteiger partial charge in [-0.25, -0.2) is 0 Å². The van der Waals surface area contributed by atoms with E-state index in [0.717, 1.165) is 36.0 Å². The van der Waals surface area contributed by atoms with Crippen LogP contribution in [-0.4, -0.2) is 52.1 Å². The van der Waals surface area contributed by atoms with E-state index in [1.54, 1.807) is 14.2 Å². The first-order valence-electron chi connectivity index (χ1n) is 6.34. The summed E-state index contributed by atoms with van der Waals surface area (Å²) in [6, 6.07) is 5.89. The number of hydrogen-bond donors (Lipinski definition) is 1. The Labute approximate surface area is 114 Å². The number of hydrogen-bond acceptors (Lipinski definition) is 5. The van der Waals surface area contributed by atoms with Gasteiger partial charge in [-0.1, -0.05) is 0 Å². The predicted molar refractivity (Wildman–Crippen MR) is 76.3 cm³/mol. The first-order valence-corrected chi connectivity index (χ1v) is 6.34. The van der Waals surface area contributed by atoms with E-state index in [-0.39, 0.29) is 6.04 Å². The van der Waals surface area contributed by atoms with E-state index in [9.17, 15) is 0 Å². The molecule has 0 saturated carbocycles. The van der Waals surface area contributed by atoms with Crippen LogP contribution >= 0.6 is 0 Å². The van der Waals surface area contributed by atoms with Crippen LogP contribution in [0.3, 0.4) is 0 Å². The van der Waals surface area contributed by atoms with Crippen molar-refractivity contribution in [3.05, 3.63) is 23.8 Å². The van der Waals surface area contributed by atoms with E-state index >= 15 is 0 Å². The monoisotopic (exact) mass is 263 g/mol. The number of rotatable bonds is 5. The lowest BCUT2D eigenvalue weighted by Gasteiger charge is -2.26. The number of nitrogens with one attached hydrogen (secondary N) is 1. The molecule has 1 N–H and O–H groups in total. The lowest BCUT2D eigenvalue weighted by atomic mass is 10.0. The second kappa shape index (κ2) is 5.93. The van der Waals surface area contributed by atoms with E-state index in [1.807, 2.05) is 32.3 Å². The third-order valence-electron chi connectivity index (χ3n) is 3.21. The fourth-order valence-electron chi connectivity index (χ4n) is 2.32. The van der Waals surface area contributed by atoms with Crippen LogP contribution in [-0.2, 0) is 0 Å². The van der Waals surface area contributed by atoms with Gasteiger partial charge in [0.25, 0.3) is 0 Å². The smallest absolute Gasteiger partial charge is 0.124 e. The molecule has 0 amide bonds. The summed E-state index contributed by atoms with van der Waals surface area (Å²) in [5.41, 5.74) is 1.06. The molecule has 1 aliphatic rings. The van der Waals surface area contributed by atoms with Crippen LogP contribution in [0, 0.1) is 0 Å². The van der Waals surface area contributed by atoms with Crippen molar-refractivity contribution in [3.63, 3.8) is 0 Å². The van der Waals surface area contributed by atoms with Gasteiger partial charge in [0.1, 0.15) is 17.3 Å². The zero-order valence-corrected chi connectivity index (χ0v) is 11.9. The van der Waals surface area contributed by atoms with E-state index < -0.39 is 0 Å². The van der Waals surface area contributed by atoms with Crippen LogP contribution in [0.1, 0.15) is 11.6 Å². The van der Waals surface area contributed by atoms with E-state index in [1.165, 1.54) is 0 Å². The number of methoxy groups -OCH3 is 2. The number of ether oxygens (including phenoxy) is 2. The summed E-state index contributed by atoms with van der Waals surface area (Å²) in [7, 11) is 7.42. The predicted octanol–water partition coefficient (Wildman–Crippen LogP) is 1.31. The molecule has 19 heavy (non-hydrogen) atoms. The fourth-order valence-corrected chi connectivity index (χ4v) is 2.32. The van der Waals surface area contributed by atoms with E-state index in [2.05, 4.69) is 15.2 Å². The third-order valence-corrected chi connectivity index (χ3v) is 3.21. The van der Waals surface area contributed by atoms with E-state index in [0.29, 0.717) is 0 Å². The summed E-state index contributed by atoms with van der Waals surface area (Å²) in [5.74, 6) is 2.65. The minimum absolute atomic E-state index is 0.0487. The molecule has 0 aromatic heterocycles. The Morgan fingerprint density at radius 2 is 2.05 bits per heavy atom. The molecular weight excluding hydrogens is 242 g/mol. The van der Waals surface area contributed by atoms with Gasteiger partial charge in [-0.05, 0) is 32.3 Å². The maximum Gasteiger partial charge on any atom is 0.124 e. The fraction of sp³-hybridized carbons (Fsp3) is 0.500. The maximum absolute atomic E-state index is 5.47. The minimum Gasteiger partial charge on any atom is -0.497 e. The van der Waals surface area contributed by atoms with Gasteiger partial charge in [-0.15, -0.1) is 0 Å². The van der Waals surface area contributed by atoms with Gasteiger partial charge in [0.2, 0.25) is 0 Å². The van der Waals surface area contributed by atoms with Crippen LogP contribution in [0.4, 0.5) is 0 Å². The molecule has 0 aliphatic carbocycles. The van der Waals surface area contributed by atoms with Crippen molar-refractivity contribution in [2.75, 3.05) is 41.4 Å². The number of amidine groups is 1. The molecule has 1 heterocycles. The molecule has 104 valence electrons. The largest absolute Gasteiger partial charge is 0.497 e. The average molecular weight is 263 g/mol. The molecule has 1 aromatic rings. The lowest BCUT2D eigenvalue weighted by Crippen LogP contribution is -2.34. The van der Waals surface area contributed by atoms with Gasteiger partial charge >= 0.3 is 0 Å². The number of aliphatic imine (C=N–C) groups is 1. The normalized spacial score (nSPS) is 15.9. The highest BCUT2D eigenvalue weighted by molar-refractivity contribution is 5.90. The highest BCUT2D eigenvalue weighted by Crippen LogP contribution is 2.32. The van der Waals surface area contributed by atoms with Crippen LogP contribution in [0.15, 0.2) is 23.2 Å². The molecule has 0 bridgehead atoms.